The highest BCUT2D eigenvalue weighted by atomic mass is 32.2. The number of benzene rings is 2. The molecule has 0 spiro atoms. The van der Waals surface area contributed by atoms with E-state index < -0.39 is 10.0 Å². The van der Waals surface area contributed by atoms with Gasteiger partial charge < -0.3 is 9.47 Å². The van der Waals surface area contributed by atoms with Crippen molar-refractivity contribution in [3.8, 4) is 11.5 Å². The topological polar surface area (TPSA) is 64.6 Å². The monoisotopic (exact) mass is 347 g/mol. The van der Waals surface area contributed by atoms with E-state index in [4.69, 9.17) is 9.47 Å². The molecule has 0 heterocycles. The Bertz CT molecular complexity index is 824. The average molecular weight is 347 g/mol. The van der Waals surface area contributed by atoms with Gasteiger partial charge in [-0.1, -0.05) is 6.07 Å². The predicted molar refractivity (Wildman–Crippen MR) is 93.4 cm³/mol. The van der Waals surface area contributed by atoms with E-state index in [1.807, 2.05) is 6.07 Å². The van der Waals surface area contributed by atoms with Crippen LogP contribution < -0.4 is 14.2 Å². The summed E-state index contributed by atoms with van der Waals surface area (Å²) in [6, 6.07) is 10.3. The summed E-state index contributed by atoms with van der Waals surface area (Å²) in [5.41, 5.74) is 2.79. The number of anilines is 1. The maximum atomic E-state index is 12.7. The lowest BCUT2D eigenvalue weighted by Crippen LogP contribution is -2.14. The van der Waals surface area contributed by atoms with Gasteiger partial charge in [0, 0.05) is 18.2 Å². The molecule has 0 saturated carbocycles. The van der Waals surface area contributed by atoms with Gasteiger partial charge in [-0.3, -0.25) is 4.72 Å². The molecule has 0 atom stereocenters. The molecule has 0 unspecified atom stereocenters. The minimum atomic E-state index is -3.66. The van der Waals surface area contributed by atoms with Crippen LogP contribution in [0.2, 0.25) is 0 Å². The number of hydrogen-bond acceptors (Lipinski definition) is 4. The first-order valence-electron chi connectivity index (χ1n) is 7.89. The summed E-state index contributed by atoms with van der Waals surface area (Å²) in [5.74, 6) is 1.05. The lowest BCUT2D eigenvalue weighted by molar-refractivity contribution is 0.395. The third-order valence-electron chi connectivity index (χ3n) is 4.23. The summed E-state index contributed by atoms with van der Waals surface area (Å²) in [4.78, 5) is 0.282. The van der Waals surface area contributed by atoms with Crippen LogP contribution in [0.5, 0.6) is 11.5 Å². The molecule has 2 aromatic rings. The Morgan fingerprint density at radius 3 is 2.12 bits per heavy atom. The lowest BCUT2D eigenvalue weighted by Gasteiger charge is -2.17. The molecule has 1 N–H and O–H groups in total. The van der Waals surface area contributed by atoms with Crippen molar-refractivity contribution < 1.29 is 17.9 Å². The van der Waals surface area contributed by atoms with Gasteiger partial charge in [0.2, 0.25) is 0 Å². The van der Waals surface area contributed by atoms with Gasteiger partial charge in [0.05, 0.1) is 24.8 Å². The maximum absolute atomic E-state index is 12.7. The van der Waals surface area contributed by atoms with Crippen molar-refractivity contribution in [1.82, 2.24) is 0 Å². The summed E-state index contributed by atoms with van der Waals surface area (Å²) in [5, 5.41) is 0. The van der Waals surface area contributed by atoms with Crippen LogP contribution in [0.25, 0.3) is 0 Å². The van der Waals surface area contributed by atoms with Gasteiger partial charge >= 0.3 is 0 Å². The summed E-state index contributed by atoms with van der Waals surface area (Å²) in [6.07, 6.45) is 4.24. The van der Waals surface area contributed by atoms with Crippen molar-refractivity contribution in [2.24, 2.45) is 0 Å². The molecular formula is C18H21NO4S. The van der Waals surface area contributed by atoms with E-state index >= 15 is 0 Å². The second kappa shape index (κ2) is 6.73. The first kappa shape index (κ1) is 16.6. The largest absolute Gasteiger partial charge is 0.497 e. The van der Waals surface area contributed by atoms with Gasteiger partial charge in [-0.05, 0) is 48.9 Å². The van der Waals surface area contributed by atoms with E-state index in [1.54, 1.807) is 30.3 Å². The maximum Gasteiger partial charge on any atom is 0.261 e. The fourth-order valence-corrected chi connectivity index (χ4v) is 4.05. The van der Waals surface area contributed by atoms with E-state index in [0.29, 0.717) is 17.2 Å². The molecule has 0 aromatic heterocycles. The summed E-state index contributed by atoms with van der Waals surface area (Å²) < 4.78 is 38.3. The molecule has 0 radical (unpaired) electrons. The average Bonchev–Trinajstić information content (AvgIpc) is 2.60. The third-order valence-corrected chi connectivity index (χ3v) is 5.61. The van der Waals surface area contributed by atoms with Gasteiger partial charge in [-0.2, -0.15) is 0 Å². The molecular weight excluding hydrogens is 326 g/mol. The molecule has 3 rings (SSSR count). The zero-order chi connectivity index (χ0) is 17.2. The van der Waals surface area contributed by atoms with Crippen molar-refractivity contribution in [3.63, 3.8) is 0 Å². The molecule has 6 heteroatoms. The Morgan fingerprint density at radius 2 is 1.50 bits per heavy atom. The van der Waals surface area contributed by atoms with Crippen LogP contribution in [-0.4, -0.2) is 22.6 Å². The molecule has 128 valence electrons. The van der Waals surface area contributed by atoms with Crippen molar-refractivity contribution >= 4 is 15.7 Å². The second-order valence-electron chi connectivity index (χ2n) is 5.84. The molecule has 5 nitrogen and oxygen atoms in total. The summed E-state index contributed by atoms with van der Waals surface area (Å²) in [7, 11) is -0.609. The van der Waals surface area contributed by atoms with Gasteiger partial charge in [-0.25, -0.2) is 8.42 Å². The highest BCUT2D eigenvalue weighted by Crippen LogP contribution is 2.29. The van der Waals surface area contributed by atoms with Crippen molar-refractivity contribution in [3.05, 3.63) is 47.5 Å². The lowest BCUT2D eigenvalue weighted by atomic mass is 9.92. The quantitative estimate of drug-likeness (QED) is 0.900. The number of ether oxygens (including phenoxy) is 2. The Morgan fingerprint density at radius 1 is 0.875 bits per heavy atom. The van der Waals surface area contributed by atoms with E-state index in [9.17, 15) is 8.42 Å². The molecule has 0 aliphatic heterocycles. The molecule has 0 bridgehead atoms. The number of nitrogens with one attached hydrogen (secondary N) is 1. The second-order valence-corrected chi connectivity index (χ2v) is 7.53. The van der Waals surface area contributed by atoms with Crippen LogP contribution >= 0.6 is 0 Å². The van der Waals surface area contributed by atoms with E-state index in [1.165, 1.54) is 26.2 Å². The minimum absolute atomic E-state index is 0.282. The van der Waals surface area contributed by atoms with Crippen molar-refractivity contribution in [1.29, 1.82) is 0 Å². The van der Waals surface area contributed by atoms with Crippen LogP contribution in [0.4, 0.5) is 5.69 Å². The van der Waals surface area contributed by atoms with Crippen LogP contribution in [0.1, 0.15) is 24.0 Å². The van der Waals surface area contributed by atoms with Crippen LogP contribution in [-0.2, 0) is 22.9 Å². The zero-order valence-corrected chi connectivity index (χ0v) is 14.7. The highest BCUT2D eigenvalue weighted by molar-refractivity contribution is 7.92. The number of methoxy groups -OCH3 is 2. The normalized spacial score (nSPS) is 13.9. The first-order valence-corrected chi connectivity index (χ1v) is 9.38. The Labute approximate surface area is 142 Å². The van der Waals surface area contributed by atoms with Gasteiger partial charge in [0.1, 0.15) is 11.5 Å². The summed E-state index contributed by atoms with van der Waals surface area (Å²) >= 11 is 0. The van der Waals surface area contributed by atoms with E-state index in [-0.39, 0.29) is 4.90 Å². The Kier molecular flexibility index (Phi) is 4.66. The third kappa shape index (κ3) is 3.48. The molecule has 1 aliphatic carbocycles. The van der Waals surface area contributed by atoms with Gasteiger partial charge in [0.25, 0.3) is 10.0 Å². The number of rotatable bonds is 5. The van der Waals surface area contributed by atoms with Gasteiger partial charge in [0.15, 0.2) is 0 Å². The minimum Gasteiger partial charge on any atom is -0.497 e. The molecule has 0 amide bonds. The zero-order valence-electron chi connectivity index (χ0n) is 13.8. The fourth-order valence-electron chi connectivity index (χ4n) is 2.96. The standard InChI is InChI=1S/C18H21NO4S/c1-22-16-10-15(11-17(12-16)23-2)19-24(20,21)18-8-7-13-5-3-4-6-14(13)9-18/h7-12,19H,3-6H2,1-2H3. The molecule has 2 aromatic carbocycles. The van der Waals surface area contributed by atoms with Crippen molar-refractivity contribution in [2.75, 3.05) is 18.9 Å². The van der Waals surface area contributed by atoms with Crippen LogP contribution in [0, 0.1) is 0 Å². The van der Waals surface area contributed by atoms with Gasteiger partial charge in [-0.15, -0.1) is 0 Å². The number of sulfonamides is 1. The smallest absolute Gasteiger partial charge is 0.261 e. The summed E-state index contributed by atoms with van der Waals surface area (Å²) in [6.45, 7) is 0. The first-order chi connectivity index (χ1) is 11.5. The molecule has 0 fully saturated rings. The Hall–Kier alpha value is -2.21. The van der Waals surface area contributed by atoms with Crippen LogP contribution in [0.15, 0.2) is 41.3 Å². The molecule has 24 heavy (non-hydrogen) atoms. The number of aryl methyl sites for hydroxylation is 2. The van der Waals surface area contributed by atoms with E-state index in [2.05, 4.69) is 4.72 Å². The molecule has 1 aliphatic rings. The van der Waals surface area contributed by atoms with Crippen LogP contribution in [0.3, 0.4) is 0 Å². The Balaban J connectivity index is 1.91. The van der Waals surface area contributed by atoms with E-state index in [0.717, 1.165) is 24.8 Å². The highest BCUT2D eigenvalue weighted by Gasteiger charge is 2.18. The fraction of sp³-hybridized carbons (Fsp3) is 0.333. The van der Waals surface area contributed by atoms with Crippen molar-refractivity contribution in [2.45, 2.75) is 30.6 Å². The number of fused-ring (bicyclic) bond motifs is 1. The predicted octanol–water partition coefficient (Wildman–Crippen LogP) is 3.38. The number of hydrogen-bond donors (Lipinski definition) is 1. The molecule has 0 saturated heterocycles. The SMILES string of the molecule is COc1cc(NS(=O)(=O)c2ccc3c(c2)CCCC3)cc(OC)c1.